The number of carbonyl (C=O) groups is 1. The smallest absolute Gasteiger partial charge is 0.279 e. The van der Waals surface area contributed by atoms with Crippen molar-refractivity contribution in [2.24, 2.45) is 5.41 Å². The van der Waals surface area contributed by atoms with Gasteiger partial charge in [-0.3, -0.25) is 4.79 Å². The van der Waals surface area contributed by atoms with Gasteiger partial charge in [-0.15, -0.1) is 0 Å². The van der Waals surface area contributed by atoms with Crippen LogP contribution in [0.15, 0.2) is 30.5 Å². The quantitative estimate of drug-likeness (QED) is 0.589. The van der Waals surface area contributed by atoms with Crippen LogP contribution in [-0.2, 0) is 4.79 Å². The van der Waals surface area contributed by atoms with Crippen molar-refractivity contribution in [1.82, 2.24) is 10.3 Å². The Balaban J connectivity index is 1.56. The number of benzene rings is 1. The second kappa shape index (κ2) is 9.29. The van der Waals surface area contributed by atoms with Crippen molar-refractivity contribution in [1.29, 1.82) is 5.26 Å². The molecule has 0 unspecified atom stereocenters. The van der Waals surface area contributed by atoms with Gasteiger partial charge in [-0.2, -0.15) is 5.26 Å². The Morgan fingerprint density at radius 2 is 2.31 bits per heavy atom. The lowest BCUT2D eigenvalue weighted by atomic mass is 10.1. The first-order valence-electron chi connectivity index (χ1n) is 9.42. The van der Waals surface area contributed by atoms with Crippen molar-refractivity contribution in [2.75, 3.05) is 6.61 Å². The standard InChI is InChI=1S/C21H22ClN3O3S/c1-3-10-27-15-5-7-18(17(22)11-15)28-20-24-12-16(29-20)6-4-14(2)25-19(26)21(13-23)8-9-21/h4-7,11-12,14H,3,8-10H2,1-2H3,(H,25,26)/t14-/m0/s1. The number of hydrogen-bond donors (Lipinski definition) is 1. The molecule has 1 heterocycles. The van der Waals surface area contributed by atoms with Crippen molar-refractivity contribution in [3.05, 3.63) is 40.4 Å². The Hall–Kier alpha value is -2.56. The number of ether oxygens (including phenoxy) is 2. The maximum atomic E-state index is 12.1. The third kappa shape index (κ3) is 5.49. The molecule has 1 saturated carbocycles. The van der Waals surface area contributed by atoms with E-state index in [2.05, 4.69) is 16.4 Å². The summed E-state index contributed by atoms with van der Waals surface area (Å²) in [5.41, 5.74) is -0.815. The molecule has 1 N–H and O–H groups in total. The molecule has 1 aromatic heterocycles. The number of nitrogens with zero attached hydrogens (tertiary/aromatic N) is 2. The zero-order valence-corrected chi connectivity index (χ0v) is 17.8. The molecule has 1 aliphatic rings. The van der Waals surface area contributed by atoms with Crippen LogP contribution in [0.2, 0.25) is 5.02 Å². The van der Waals surface area contributed by atoms with Crippen LogP contribution in [0.3, 0.4) is 0 Å². The van der Waals surface area contributed by atoms with E-state index in [9.17, 15) is 4.79 Å². The third-order valence-corrected chi connectivity index (χ3v) is 5.52. The molecule has 1 aliphatic carbocycles. The number of carbonyl (C=O) groups excluding carboxylic acids is 1. The lowest BCUT2D eigenvalue weighted by Crippen LogP contribution is -2.36. The molecule has 1 atom stereocenters. The second-order valence-electron chi connectivity index (χ2n) is 6.89. The molecule has 0 radical (unpaired) electrons. The van der Waals surface area contributed by atoms with Crippen LogP contribution in [0, 0.1) is 16.7 Å². The van der Waals surface area contributed by atoms with Gasteiger partial charge in [-0.25, -0.2) is 4.98 Å². The topological polar surface area (TPSA) is 84.2 Å². The molecule has 0 spiro atoms. The number of rotatable bonds is 9. The first-order chi connectivity index (χ1) is 14.0. The molecule has 2 aromatic rings. The van der Waals surface area contributed by atoms with Gasteiger partial charge in [0.05, 0.1) is 22.6 Å². The van der Waals surface area contributed by atoms with E-state index in [0.29, 0.717) is 41.2 Å². The summed E-state index contributed by atoms with van der Waals surface area (Å²) in [6.45, 7) is 4.54. The number of thiazole rings is 1. The van der Waals surface area contributed by atoms with Crippen molar-refractivity contribution >= 4 is 34.9 Å². The summed E-state index contributed by atoms with van der Waals surface area (Å²) < 4.78 is 11.3. The van der Waals surface area contributed by atoms with Gasteiger partial charge in [-0.05, 0) is 44.4 Å². The van der Waals surface area contributed by atoms with Crippen molar-refractivity contribution in [3.63, 3.8) is 0 Å². The molecule has 1 fully saturated rings. The minimum atomic E-state index is -0.815. The van der Waals surface area contributed by atoms with Crippen molar-refractivity contribution in [3.8, 4) is 22.8 Å². The summed E-state index contributed by atoms with van der Waals surface area (Å²) in [5, 5.41) is 12.8. The maximum absolute atomic E-state index is 12.1. The predicted octanol–water partition coefficient (Wildman–Crippen LogP) is 5.20. The normalized spacial score (nSPS) is 15.5. The molecule has 3 rings (SSSR count). The van der Waals surface area contributed by atoms with Crippen LogP contribution >= 0.6 is 22.9 Å². The number of aromatic nitrogens is 1. The zero-order chi connectivity index (χ0) is 20.9. The Morgan fingerprint density at radius 3 is 2.97 bits per heavy atom. The maximum Gasteiger partial charge on any atom is 0.279 e. The highest BCUT2D eigenvalue weighted by atomic mass is 35.5. The van der Waals surface area contributed by atoms with E-state index in [1.54, 1.807) is 18.3 Å². The fraction of sp³-hybridized carbons (Fsp3) is 0.381. The van der Waals surface area contributed by atoms with Gasteiger partial charge >= 0.3 is 0 Å². The first-order valence-corrected chi connectivity index (χ1v) is 10.6. The van der Waals surface area contributed by atoms with Crippen LogP contribution in [0.1, 0.15) is 38.0 Å². The number of hydrogen-bond acceptors (Lipinski definition) is 6. The van der Waals surface area contributed by atoms with E-state index in [1.165, 1.54) is 11.3 Å². The SMILES string of the molecule is CCCOc1ccc(Oc2ncc(C=C[C@H](C)NC(=O)C3(C#N)CC3)s2)c(Cl)c1. The van der Waals surface area contributed by atoms with Gasteiger partial charge in [0.15, 0.2) is 0 Å². The molecule has 8 heteroatoms. The summed E-state index contributed by atoms with van der Waals surface area (Å²) >= 11 is 7.63. The van der Waals surface area contributed by atoms with Gasteiger partial charge in [0.2, 0.25) is 5.91 Å². The minimum Gasteiger partial charge on any atom is -0.494 e. The van der Waals surface area contributed by atoms with Gasteiger partial charge in [0.1, 0.15) is 16.9 Å². The average Bonchev–Trinajstić information content (AvgIpc) is 3.39. The lowest BCUT2D eigenvalue weighted by Gasteiger charge is -2.11. The first kappa shape index (κ1) is 21.2. The molecule has 0 saturated heterocycles. The summed E-state index contributed by atoms with van der Waals surface area (Å²) in [7, 11) is 0. The van der Waals surface area contributed by atoms with E-state index < -0.39 is 5.41 Å². The third-order valence-electron chi connectivity index (χ3n) is 4.38. The van der Waals surface area contributed by atoms with E-state index >= 15 is 0 Å². The Kier molecular flexibility index (Phi) is 6.78. The van der Waals surface area contributed by atoms with Gasteiger partial charge < -0.3 is 14.8 Å². The van der Waals surface area contributed by atoms with E-state index in [0.717, 1.165) is 11.3 Å². The largest absolute Gasteiger partial charge is 0.494 e. The van der Waals surface area contributed by atoms with E-state index in [4.69, 9.17) is 26.3 Å². The summed E-state index contributed by atoms with van der Waals surface area (Å²) in [4.78, 5) is 17.2. The Labute approximate surface area is 179 Å². The fourth-order valence-electron chi connectivity index (χ4n) is 2.51. The molecular formula is C21H22ClN3O3S. The highest BCUT2D eigenvalue weighted by Gasteiger charge is 2.50. The molecule has 6 nitrogen and oxygen atoms in total. The average molecular weight is 432 g/mol. The van der Waals surface area contributed by atoms with Gasteiger partial charge in [0.25, 0.3) is 5.19 Å². The summed E-state index contributed by atoms with van der Waals surface area (Å²) in [5.74, 6) is 1.01. The molecule has 152 valence electrons. The van der Waals surface area contributed by atoms with E-state index in [-0.39, 0.29) is 11.9 Å². The Morgan fingerprint density at radius 1 is 1.52 bits per heavy atom. The second-order valence-corrected chi connectivity index (χ2v) is 8.32. The number of nitriles is 1. The van der Waals surface area contributed by atoms with Crippen LogP contribution in [0.25, 0.3) is 6.08 Å². The van der Waals surface area contributed by atoms with Crippen LogP contribution in [0.5, 0.6) is 16.7 Å². The van der Waals surface area contributed by atoms with Gasteiger partial charge in [0, 0.05) is 18.3 Å². The summed E-state index contributed by atoms with van der Waals surface area (Å²) in [6.07, 6.45) is 7.60. The monoisotopic (exact) mass is 431 g/mol. The van der Waals surface area contributed by atoms with Crippen LogP contribution in [0.4, 0.5) is 0 Å². The lowest BCUT2D eigenvalue weighted by molar-refractivity contribution is -0.124. The van der Waals surface area contributed by atoms with Crippen molar-refractivity contribution < 1.29 is 14.3 Å². The number of halogens is 1. The van der Waals surface area contributed by atoms with Crippen LogP contribution < -0.4 is 14.8 Å². The zero-order valence-electron chi connectivity index (χ0n) is 16.3. The van der Waals surface area contributed by atoms with Crippen molar-refractivity contribution in [2.45, 2.75) is 39.2 Å². The number of nitrogens with one attached hydrogen (secondary N) is 1. The molecule has 1 amide bonds. The Bertz CT molecular complexity index is 947. The minimum absolute atomic E-state index is 0.190. The highest BCUT2D eigenvalue weighted by molar-refractivity contribution is 7.14. The fourth-order valence-corrected chi connectivity index (χ4v) is 3.41. The van der Waals surface area contributed by atoms with Crippen LogP contribution in [-0.4, -0.2) is 23.5 Å². The molecule has 29 heavy (non-hydrogen) atoms. The molecule has 0 aliphatic heterocycles. The number of amides is 1. The van der Waals surface area contributed by atoms with E-state index in [1.807, 2.05) is 32.1 Å². The summed E-state index contributed by atoms with van der Waals surface area (Å²) in [6, 6.07) is 7.19. The predicted molar refractivity (Wildman–Crippen MR) is 113 cm³/mol. The molecule has 0 bridgehead atoms. The molecule has 1 aromatic carbocycles. The highest BCUT2D eigenvalue weighted by Crippen LogP contribution is 2.45. The van der Waals surface area contributed by atoms with Gasteiger partial charge in [-0.1, -0.05) is 35.9 Å². The molecular weight excluding hydrogens is 410 g/mol.